The number of allylic oxidation sites excluding steroid dienone is 1. The molecule has 1 saturated heterocycles. The minimum atomic E-state index is 0.289. The maximum absolute atomic E-state index is 5.98. The number of aromatic nitrogens is 4. The number of anilines is 2. The van der Waals surface area contributed by atoms with Gasteiger partial charge >= 0.3 is 0 Å². The summed E-state index contributed by atoms with van der Waals surface area (Å²) in [6.07, 6.45) is 10.5. The van der Waals surface area contributed by atoms with Gasteiger partial charge in [0, 0.05) is 56.2 Å². The molecule has 0 amide bonds. The Morgan fingerprint density at radius 3 is 3.04 bits per heavy atom. The molecule has 138 valence electrons. The van der Waals surface area contributed by atoms with Crippen LogP contribution in [0.1, 0.15) is 11.3 Å². The van der Waals surface area contributed by atoms with Crippen LogP contribution in [0.2, 0.25) is 0 Å². The summed E-state index contributed by atoms with van der Waals surface area (Å²) in [6.45, 7) is 2.33. The smallest absolute Gasteiger partial charge is 0.169 e. The first-order chi connectivity index (χ1) is 13.2. The van der Waals surface area contributed by atoms with Crippen LogP contribution in [-0.2, 0) is 6.54 Å². The van der Waals surface area contributed by atoms with E-state index >= 15 is 0 Å². The van der Waals surface area contributed by atoms with E-state index in [0.29, 0.717) is 29.4 Å². The third kappa shape index (κ3) is 3.72. The Hall–Kier alpha value is -3.46. The molecule has 0 unspecified atom stereocenters. The number of nitrogens with zero attached hydrogens (tertiary/aromatic N) is 5. The van der Waals surface area contributed by atoms with Crippen LogP contribution >= 0.6 is 0 Å². The first-order valence-electron chi connectivity index (χ1n) is 8.67. The Balaban J connectivity index is 1.50. The molecular formula is C18H21N9. The molecule has 0 atom stereocenters. The Morgan fingerprint density at radius 2 is 2.26 bits per heavy atom. The van der Waals surface area contributed by atoms with E-state index < -0.39 is 0 Å². The molecule has 9 heteroatoms. The number of pyridine rings is 1. The average molecular weight is 363 g/mol. The fourth-order valence-corrected chi connectivity index (χ4v) is 2.68. The first kappa shape index (κ1) is 17.0. The molecular weight excluding hydrogens is 342 g/mol. The Bertz CT molecular complexity index is 1000. The largest absolute Gasteiger partial charge is 0.404 e. The quantitative estimate of drug-likeness (QED) is 0.473. The number of fused-ring (bicyclic) bond motifs is 1. The maximum Gasteiger partial charge on any atom is 0.169 e. The van der Waals surface area contributed by atoms with Crippen molar-refractivity contribution in [1.29, 1.82) is 0 Å². The maximum atomic E-state index is 5.98. The average Bonchev–Trinajstić information content (AvgIpc) is 3.11. The topological polar surface area (TPSA) is 132 Å². The molecule has 6 N–H and O–H groups in total. The molecule has 3 aromatic rings. The Kier molecular flexibility index (Phi) is 4.67. The molecule has 0 aromatic carbocycles. The fraction of sp³-hybridized carbons (Fsp3) is 0.222. The van der Waals surface area contributed by atoms with E-state index in [0.717, 1.165) is 24.3 Å². The van der Waals surface area contributed by atoms with E-state index in [9.17, 15) is 0 Å². The van der Waals surface area contributed by atoms with Gasteiger partial charge in [0.05, 0.1) is 17.9 Å². The van der Waals surface area contributed by atoms with Gasteiger partial charge in [0.25, 0.3) is 0 Å². The lowest BCUT2D eigenvalue weighted by atomic mass is 10.2. The molecule has 9 nitrogen and oxygen atoms in total. The van der Waals surface area contributed by atoms with Crippen LogP contribution in [0, 0.1) is 0 Å². The third-order valence-electron chi connectivity index (χ3n) is 4.37. The summed E-state index contributed by atoms with van der Waals surface area (Å²) in [7, 11) is 0. The minimum absolute atomic E-state index is 0.289. The molecule has 0 bridgehead atoms. The second-order valence-electron chi connectivity index (χ2n) is 6.28. The van der Waals surface area contributed by atoms with E-state index in [2.05, 4.69) is 30.6 Å². The Morgan fingerprint density at radius 1 is 1.37 bits per heavy atom. The highest BCUT2D eigenvalue weighted by Gasteiger charge is 2.14. The number of hydrogen-bond donors (Lipinski definition) is 4. The van der Waals surface area contributed by atoms with E-state index in [1.165, 1.54) is 6.20 Å². The molecule has 1 fully saturated rings. The van der Waals surface area contributed by atoms with Crippen molar-refractivity contribution in [2.75, 3.05) is 24.1 Å². The van der Waals surface area contributed by atoms with Crippen molar-refractivity contribution in [3.63, 3.8) is 0 Å². The molecule has 0 saturated carbocycles. The van der Waals surface area contributed by atoms with Gasteiger partial charge in [-0.15, -0.1) is 0 Å². The lowest BCUT2D eigenvalue weighted by molar-refractivity contribution is 0.449. The number of nitrogen functional groups attached to an aromatic ring is 1. The monoisotopic (exact) mass is 363 g/mol. The second-order valence-corrected chi connectivity index (χ2v) is 6.28. The van der Waals surface area contributed by atoms with Crippen LogP contribution in [0.5, 0.6) is 0 Å². The summed E-state index contributed by atoms with van der Waals surface area (Å²) < 4.78 is 1.96. The van der Waals surface area contributed by atoms with Gasteiger partial charge in [0.2, 0.25) is 0 Å². The van der Waals surface area contributed by atoms with E-state index in [4.69, 9.17) is 11.5 Å². The SMILES string of the molecule is NC=C(C=NC1CNC1)c1cnc(N)c(NCc2ccc3nccn3c2)n1. The highest BCUT2D eigenvalue weighted by atomic mass is 15.1. The molecule has 4 rings (SSSR count). The van der Waals surface area contributed by atoms with Crippen molar-refractivity contribution in [3.8, 4) is 0 Å². The third-order valence-corrected chi connectivity index (χ3v) is 4.37. The van der Waals surface area contributed by atoms with Gasteiger partial charge < -0.3 is 26.5 Å². The van der Waals surface area contributed by atoms with Crippen molar-refractivity contribution < 1.29 is 0 Å². The lowest BCUT2D eigenvalue weighted by Gasteiger charge is -2.22. The van der Waals surface area contributed by atoms with Gasteiger partial charge in [-0.2, -0.15) is 0 Å². The van der Waals surface area contributed by atoms with Crippen molar-refractivity contribution in [2.45, 2.75) is 12.6 Å². The molecule has 3 aromatic heterocycles. The second kappa shape index (κ2) is 7.42. The molecule has 0 spiro atoms. The van der Waals surface area contributed by atoms with Gasteiger partial charge in [-0.3, -0.25) is 4.99 Å². The molecule has 4 heterocycles. The summed E-state index contributed by atoms with van der Waals surface area (Å²) in [4.78, 5) is 17.5. The lowest BCUT2D eigenvalue weighted by Crippen LogP contribution is -2.45. The van der Waals surface area contributed by atoms with Crippen LogP contribution in [0.15, 0.2) is 48.1 Å². The minimum Gasteiger partial charge on any atom is -0.404 e. The van der Waals surface area contributed by atoms with Gasteiger partial charge in [-0.1, -0.05) is 6.07 Å². The summed E-state index contributed by atoms with van der Waals surface area (Å²) in [5.74, 6) is 0.843. The van der Waals surface area contributed by atoms with E-state index in [1.807, 2.05) is 28.9 Å². The van der Waals surface area contributed by atoms with Crippen LogP contribution in [0.3, 0.4) is 0 Å². The summed E-state index contributed by atoms with van der Waals surface area (Å²) >= 11 is 0. The predicted molar refractivity (Wildman–Crippen MR) is 106 cm³/mol. The number of aliphatic imine (C=N–C) groups is 1. The zero-order chi connectivity index (χ0) is 18.6. The number of nitrogens with two attached hydrogens (primary N) is 2. The number of imidazole rings is 1. The standard InChI is InChI=1S/C18H21N9/c19-5-13(7-23-14-8-21-9-14)15-10-24-17(20)18(26-15)25-6-12-1-2-16-22-3-4-27(16)11-12/h1-5,7,10-11,14,21H,6,8-9,19H2,(H2,20,24)(H,25,26). The highest BCUT2D eigenvalue weighted by molar-refractivity contribution is 6.09. The van der Waals surface area contributed by atoms with Crippen LogP contribution in [0.4, 0.5) is 11.6 Å². The van der Waals surface area contributed by atoms with Gasteiger partial charge in [0.15, 0.2) is 11.6 Å². The fourth-order valence-electron chi connectivity index (χ4n) is 2.68. The van der Waals surface area contributed by atoms with Crippen LogP contribution in [0.25, 0.3) is 11.2 Å². The first-order valence-corrected chi connectivity index (χ1v) is 8.67. The summed E-state index contributed by atoms with van der Waals surface area (Å²) in [5, 5.41) is 6.41. The van der Waals surface area contributed by atoms with Gasteiger partial charge in [-0.05, 0) is 11.6 Å². The number of rotatable bonds is 6. The zero-order valence-corrected chi connectivity index (χ0v) is 14.7. The summed E-state index contributed by atoms with van der Waals surface area (Å²) in [5.41, 5.74) is 15.0. The summed E-state index contributed by atoms with van der Waals surface area (Å²) in [6, 6.07) is 4.26. The molecule has 0 aliphatic carbocycles. The van der Waals surface area contributed by atoms with Crippen molar-refractivity contribution in [3.05, 3.63) is 54.4 Å². The Labute approximate surface area is 156 Å². The van der Waals surface area contributed by atoms with Gasteiger partial charge in [0.1, 0.15) is 5.65 Å². The van der Waals surface area contributed by atoms with Crippen LogP contribution < -0.4 is 22.1 Å². The van der Waals surface area contributed by atoms with Crippen molar-refractivity contribution in [1.82, 2.24) is 24.7 Å². The number of nitrogens with one attached hydrogen (secondary N) is 2. The van der Waals surface area contributed by atoms with Crippen molar-refractivity contribution >= 4 is 29.1 Å². The molecule has 27 heavy (non-hydrogen) atoms. The number of hydrogen-bond acceptors (Lipinski definition) is 8. The zero-order valence-electron chi connectivity index (χ0n) is 14.7. The predicted octanol–water partition coefficient (Wildman–Crippen LogP) is 0.661. The molecule has 0 radical (unpaired) electrons. The highest BCUT2D eigenvalue weighted by Crippen LogP contribution is 2.18. The van der Waals surface area contributed by atoms with Crippen LogP contribution in [-0.4, -0.2) is 44.7 Å². The normalized spacial score (nSPS) is 15.3. The molecule has 1 aliphatic heterocycles. The molecule has 1 aliphatic rings. The van der Waals surface area contributed by atoms with E-state index in [-0.39, 0.29) is 6.04 Å². The van der Waals surface area contributed by atoms with Crippen molar-refractivity contribution in [2.24, 2.45) is 10.7 Å². The van der Waals surface area contributed by atoms with E-state index in [1.54, 1.807) is 18.6 Å². The van der Waals surface area contributed by atoms with Gasteiger partial charge in [-0.25, -0.2) is 15.0 Å².